The van der Waals surface area contributed by atoms with Crippen LogP contribution in [0.25, 0.3) is 0 Å². The number of hydrogen-bond acceptors (Lipinski definition) is 5. The number of ether oxygens (including phenoxy) is 3. The minimum atomic E-state index is -2.91. The normalized spacial score (nSPS) is 10.2. The smallest absolute Gasteiger partial charge is 0.340 e. The van der Waals surface area contributed by atoms with Crippen molar-refractivity contribution in [3.63, 3.8) is 0 Å². The fourth-order valence-electron chi connectivity index (χ4n) is 1.22. The number of nitrogens with zero attached hydrogens (tertiary/aromatic N) is 1. The van der Waals surface area contributed by atoms with Gasteiger partial charge in [-0.15, -0.1) is 0 Å². The molecule has 94 valence electrons. The fraction of sp³-hybridized carbons (Fsp3) is 0.400. The Morgan fingerprint density at radius 3 is 2.35 bits per heavy atom. The average Bonchev–Trinajstić information content (AvgIpc) is 2.35. The van der Waals surface area contributed by atoms with Crippen LogP contribution in [0.15, 0.2) is 6.07 Å². The molecule has 0 bridgehead atoms. The molecule has 0 aliphatic rings. The summed E-state index contributed by atoms with van der Waals surface area (Å²) in [5.74, 6) is -0.943. The number of aromatic nitrogens is 1. The zero-order valence-electron chi connectivity index (χ0n) is 9.49. The highest BCUT2D eigenvalue weighted by Gasteiger charge is 2.24. The molecule has 0 amide bonds. The maximum atomic E-state index is 12.7. The van der Waals surface area contributed by atoms with Crippen molar-refractivity contribution in [3.05, 3.63) is 17.3 Å². The second-order valence-electron chi connectivity index (χ2n) is 2.92. The van der Waals surface area contributed by atoms with Crippen LogP contribution in [0.3, 0.4) is 0 Å². The van der Waals surface area contributed by atoms with Gasteiger partial charge in [-0.3, -0.25) is 0 Å². The Hall–Kier alpha value is -1.92. The molecule has 0 saturated carbocycles. The van der Waals surface area contributed by atoms with Crippen LogP contribution in [-0.2, 0) is 4.74 Å². The van der Waals surface area contributed by atoms with Gasteiger partial charge >= 0.3 is 5.97 Å². The lowest BCUT2D eigenvalue weighted by molar-refractivity contribution is 0.0586. The van der Waals surface area contributed by atoms with Crippen molar-refractivity contribution in [2.24, 2.45) is 0 Å². The third kappa shape index (κ3) is 2.61. The monoisotopic (exact) mass is 247 g/mol. The lowest BCUT2D eigenvalue weighted by Crippen LogP contribution is -2.10. The number of carbonyl (C=O) groups excluding carboxylic acids is 1. The molecule has 0 fully saturated rings. The summed E-state index contributed by atoms with van der Waals surface area (Å²) in [7, 11) is 3.66. The number of methoxy groups -OCH3 is 3. The Balaban J connectivity index is 3.40. The zero-order valence-corrected chi connectivity index (χ0v) is 9.49. The van der Waals surface area contributed by atoms with E-state index >= 15 is 0 Å². The van der Waals surface area contributed by atoms with Gasteiger partial charge in [0.15, 0.2) is 5.75 Å². The molecule has 1 aromatic rings. The molecule has 0 aromatic carbocycles. The van der Waals surface area contributed by atoms with E-state index in [2.05, 4.69) is 9.72 Å². The minimum Gasteiger partial charge on any atom is -0.491 e. The number of carbonyl (C=O) groups is 1. The van der Waals surface area contributed by atoms with Crippen molar-refractivity contribution in [3.8, 4) is 11.6 Å². The quantitative estimate of drug-likeness (QED) is 0.759. The minimum absolute atomic E-state index is 0.0808. The SMILES string of the molecule is COC(=O)c1cc(OC)c(OC)nc1C(F)F. The summed E-state index contributed by atoms with van der Waals surface area (Å²) in [6.07, 6.45) is -2.91. The molecule has 1 aromatic heterocycles. The Labute approximate surface area is 96.3 Å². The summed E-state index contributed by atoms with van der Waals surface area (Å²) in [6, 6.07) is 1.11. The van der Waals surface area contributed by atoms with E-state index in [0.29, 0.717) is 0 Å². The molecule has 0 radical (unpaired) electrons. The van der Waals surface area contributed by atoms with Gasteiger partial charge in [-0.25, -0.2) is 18.6 Å². The molecule has 0 spiro atoms. The predicted molar refractivity (Wildman–Crippen MR) is 53.6 cm³/mol. The van der Waals surface area contributed by atoms with E-state index in [1.165, 1.54) is 14.2 Å². The standard InChI is InChI=1S/C10H11F2NO4/c1-15-6-4-5(10(14)17-3)7(8(11)12)13-9(6)16-2/h4,8H,1-3H3. The average molecular weight is 247 g/mol. The highest BCUT2D eigenvalue weighted by Crippen LogP contribution is 2.31. The first-order chi connectivity index (χ1) is 8.04. The molecule has 0 unspecified atom stereocenters. The predicted octanol–water partition coefficient (Wildman–Crippen LogP) is 1.82. The lowest BCUT2D eigenvalue weighted by Gasteiger charge is -2.11. The first-order valence-electron chi connectivity index (χ1n) is 4.54. The molecule has 0 atom stereocenters. The molecule has 1 rings (SSSR count). The van der Waals surface area contributed by atoms with Gasteiger partial charge in [0.2, 0.25) is 0 Å². The summed E-state index contributed by atoms with van der Waals surface area (Å²) in [6.45, 7) is 0. The number of hydrogen-bond donors (Lipinski definition) is 0. The van der Waals surface area contributed by atoms with Gasteiger partial charge in [0.05, 0.1) is 26.9 Å². The molecule has 0 N–H and O–H groups in total. The highest BCUT2D eigenvalue weighted by molar-refractivity contribution is 5.91. The van der Waals surface area contributed by atoms with Crippen LogP contribution in [0, 0.1) is 0 Å². The largest absolute Gasteiger partial charge is 0.491 e. The van der Waals surface area contributed by atoms with Crippen LogP contribution in [0.1, 0.15) is 22.5 Å². The highest BCUT2D eigenvalue weighted by atomic mass is 19.3. The van der Waals surface area contributed by atoms with E-state index in [4.69, 9.17) is 9.47 Å². The molecule has 17 heavy (non-hydrogen) atoms. The van der Waals surface area contributed by atoms with E-state index in [9.17, 15) is 13.6 Å². The molecule has 7 heteroatoms. The number of halogens is 2. The van der Waals surface area contributed by atoms with E-state index in [-0.39, 0.29) is 17.2 Å². The van der Waals surface area contributed by atoms with Crippen LogP contribution < -0.4 is 9.47 Å². The summed E-state index contributed by atoms with van der Waals surface area (Å²) in [5, 5.41) is 0. The maximum Gasteiger partial charge on any atom is 0.340 e. The van der Waals surface area contributed by atoms with Crippen molar-refractivity contribution in [2.75, 3.05) is 21.3 Å². The molecule has 0 aliphatic heterocycles. The van der Waals surface area contributed by atoms with Crippen molar-refractivity contribution in [2.45, 2.75) is 6.43 Å². The summed E-state index contributed by atoms with van der Waals surface area (Å²) < 4.78 is 39.5. The topological polar surface area (TPSA) is 57.7 Å². The molecular formula is C10H11F2NO4. The Bertz CT molecular complexity index is 423. The van der Waals surface area contributed by atoms with Gasteiger partial charge in [0.25, 0.3) is 12.3 Å². The van der Waals surface area contributed by atoms with Crippen molar-refractivity contribution >= 4 is 5.97 Å². The second-order valence-corrected chi connectivity index (χ2v) is 2.92. The Kier molecular flexibility index (Phi) is 4.19. The van der Waals surface area contributed by atoms with Gasteiger partial charge in [-0.1, -0.05) is 0 Å². The van der Waals surface area contributed by atoms with Gasteiger partial charge in [-0.2, -0.15) is 0 Å². The van der Waals surface area contributed by atoms with E-state index in [0.717, 1.165) is 13.2 Å². The second kappa shape index (κ2) is 5.42. The van der Waals surface area contributed by atoms with Crippen LogP contribution in [-0.4, -0.2) is 32.3 Å². The summed E-state index contributed by atoms with van der Waals surface area (Å²) >= 11 is 0. The number of pyridine rings is 1. The van der Waals surface area contributed by atoms with Crippen LogP contribution in [0.5, 0.6) is 11.6 Å². The van der Waals surface area contributed by atoms with Crippen LogP contribution >= 0.6 is 0 Å². The third-order valence-electron chi connectivity index (χ3n) is 2.01. The van der Waals surface area contributed by atoms with Gasteiger partial charge in [-0.05, 0) is 0 Å². The van der Waals surface area contributed by atoms with Gasteiger partial charge in [0.1, 0.15) is 5.69 Å². The molecule has 5 nitrogen and oxygen atoms in total. The lowest BCUT2D eigenvalue weighted by atomic mass is 10.2. The van der Waals surface area contributed by atoms with Crippen molar-refractivity contribution < 1.29 is 27.8 Å². The maximum absolute atomic E-state index is 12.7. The van der Waals surface area contributed by atoms with Crippen LogP contribution in [0.4, 0.5) is 8.78 Å². The Morgan fingerprint density at radius 1 is 1.29 bits per heavy atom. The van der Waals surface area contributed by atoms with E-state index in [1.54, 1.807) is 0 Å². The molecule has 0 saturated heterocycles. The Morgan fingerprint density at radius 2 is 1.94 bits per heavy atom. The van der Waals surface area contributed by atoms with E-state index < -0.39 is 18.1 Å². The van der Waals surface area contributed by atoms with Crippen molar-refractivity contribution in [1.82, 2.24) is 4.98 Å². The molecular weight excluding hydrogens is 236 g/mol. The third-order valence-corrected chi connectivity index (χ3v) is 2.01. The first kappa shape index (κ1) is 13.1. The number of rotatable bonds is 4. The van der Waals surface area contributed by atoms with Crippen molar-refractivity contribution in [1.29, 1.82) is 0 Å². The number of esters is 1. The molecule has 0 aliphatic carbocycles. The number of alkyl halides is 2. The van der Waals surface area contributed by atoms with Crippen LogP contribution in [0.2, 0.25) is 0 Å². The summed E-state index contributed by atoms with van der Waals surface area (Å²) in [4.78, 5) is 14.8. The zero-order chi connectivity index (χ0) is 13.0. The van der Waals surface area contributed by atoms with E-state index in [1.807, 2.05) is 0 Å². The summed E-state index contributed by atoms with van der Waals surface area (Å²) in [5.41, 5.74) is -1.05. The molecule has 1 heterocycles. The van der Waals surface area contributed by atoms with Gasteiger partial charge in [0, 0.05) is 6.07 Å². The fourth-order valence-corrected chi connectivity index (χ4v) is 1.22. The first-order valence-corrected chi connectivity index (χ1v) is 4.54. The van der Waals surface area contributed by atoms with Gasteiger partial charge < -0.3 is 14.2 Å².